The molecule has 0 aliphatic heterocycles. The lowest BCUT2D eigenvalue weighted by atomic mass is 10.2. The van der Waals surface area contributed by atoms with Crippen LogP contribution in [0.2, 0.25) is 5.02 Å². The summed E-state index contributed by atoms with van der Waals surface area (Å²) >= 11 is 5.89. The molecule has 0 saturated heterocycles. The van der Waals surface area contributed by atoms with Crippen molar-refractivity contribution in [2.24, 2.45) is 4.99 Å². The van der Waals surface area contributed by atoms with Crippen molar-refractivity contribution < 1.29 is 9.47 Å². The van der Waals surface area contributed by atoms with Crippen LogP contribution in [-0.4, -0.2) is 27.2 Å². The van der Waals surface area contributed by atoms with E-state index in [-0.39, 0.29) is 0 Å². The smallest absolute Gasteiger partial charge is 0.191 e. The van der Waals surface area contributed by atoms with Gasteiger partial charge in [0.25, 0.3) is 0 Å². The number of aliphatic imine (C=N–C) groups is 1. The molecule has 0 amide bonds. The molecule has 0 aliphatic rings. The molecule has 5 nitrogen and oxygen atoms in total. The van der Waals surface area contributed by atoms with Crippen molar-refractivity contribution in [2.75, 3.05) is 21.3 Å². The van der Waals surface area contributed by atoms with Gasteiger partial charge in [-0.1, -0.05) is 35.9 Å². The van der Waals surface area contributed by atoms with E-state index >= 15 is 0 Å². The van der Waals surface area contributed by atoms with Crippen molar-refractivity contribution in [3.8, 4) is 11.5 Å². The Labute approximate surface area is 147 Å². The van der Waals surface area contributed by atoms with Crippen LogP contribution in [0, 0.1) is 0 Å². The van der Waals surface area contributed by atoms with E-state index in [1.165, 1.54) is 0 Å². The van der Waals surface area contributed by atoms with Crippen molar-refractivity contribution in [1.82, 2.24) is 10.6 Å². The summed E-state index contributed by atoms with van der Waals surface area (Å²) in [4.78, 5) is 4.23. The molecular formula is C18H22ClN3O2. The molecule has 0 bridgehead atoms. The molecule has 24 heavy (non-hydrogen) atoms. The van der Waals surface area contributed by atoms with Gasteiger partial charge in [-0.15, -0.1) is 0 Å². The quantitative estimate of drug-likeness (QED) is 0.622. The Bertz CT molecular complexity index is 687. The monoisotopic (exact) mass is 347 g/mol. The highest BCUT2D eigenvalue weighted by atomic mass is 35.5. The van der Waals surface area contributed by atoms with E-state index in [9.17, 15) is 0 Å². The highest BCUT2D eigenvalue weighted by Gasteiger charge is 2.09. The van der Waals surface area contributed by atoms with Gasteiger partial charge in [-0.2, -0.15) is 0 Å². The Morgan fingerprint density at radius 3 is 2.33 bits per heavy atom. The highest BCUT2D eigenvalue weighted by molar-refractivity contribution is 6.30. The second kappa shape index (κ2) is 9.03. The summed E-state index contributed by atoms with van der Waals surface area (Å²) in [5.41, 5.74) is 2.12. The van der Waals surface area contributed by atoms with Crippen LogP contribution in [-0.2, 0) is 13.1 Å². The third-order valence-corrected chi connectivity index (χ3v) is 3.78. The topological polar surface area (TPSA) is 54.9 Å². The Hall–Kier alpha value is -2.40. The van der Waals surface area contributed by atoms with Crippen LogP contribution < -0.4 is 20.1 Å². The Balaban J connectivity index is 1.95. The largest absolute Gasteiger partial charge is 0.493 e. The highest BCUT2D eigenvalue weighted by Crippen LogP contribution is 2.30. The summed E-state index contributed by atoms with van der Waals surface area (Å²) in [6.07, 6.45) is 0. The van der Waals surface area contributed by atoms with E-state index in [2.05, 4.69) is 15.6 Å². The maximum Gasteiger partial charge on any atom is 0.191 e. The molecule has 2 N–H and O–H groups in total. The van der Waals surface area contributed by atoms with Crippen LogP contribution in [0.25, 0.3) is 0 Å². The minimum Gasteiger partial charge on any atom is -0.493 e. The van der Waals surface area contributed by atoms with Gasteiger partial charge in [0.15, 0.2) is 17.5 Å². The first-order chi connectivity index (χ1) is 11.7. The van der Waals surface area contributed by atoms with Gasteiger partial charge in [0, 0.05) is 30.7 Å². The molecular weight excluding hydrogens is 326 g/mol. The molecule has 0 spiro atoms. The first-order valence-corrected chi connectivity index (χ1v) is 7.94. The number of ether oxygens (including phenoxy) is 2. The van der Waals surface area contributed by atoms with Crippen LogP contribution in [0.3, 0.4) is 0 Å². The molecule has 128 valence electrons. The van der Waals surface area contributed by atoms with Gasteiger partial charge >= 0.3 is 0 Å². The summed E-state index contributed by atoms with van der Waals surface area (Å²) in [7, 11) is 5.00. The lowest BCUT2D eigenvalue weighted by Crippen LogP contribution is -2.36. The van der Waals surface area contributed by atoms with Crippen molar-refractivity contribution in [3.05, 3.63) is 58.6 Å². The fourth-order valence-corrected chi connectivity index (χ4v) is 2.41. The van der Waals surface area contributed by atoms with Crippen molar-refractivity contribution >= 4 is 17.6 Å². The zero-order chi connectivity index (χ0) is 17.4. The predicted molar refractivity (Wildman–Crippen MR) is 98.0 cm³/mol. The second-order valence-corrected chi connectivity index (χ2v) is 5.49. The van der Waals surface area contributed by atoms with Crippen molar-refractivity contribution in [1.29, 1.82) is 0 Å². The molecule has 2 aromatic carbocycles. The molecule has 0 saturated carbocycles. The molecule has 0 unspecified atom stereocenters. The van der Waals surface area contributed by atoms with E-state index in [1.807, 2.05) is 42.5 Å². The van der Waals surface area contributed by atoms with E-state index in [1.54, 1.807) is 21.3 Å². The molecule has 0 aliphatic carbocycles. The molecule has 2 rings (SSSR count). The summed E-state index contributed by atoms with van der Waals surface area (Å²) < 4.78 is 10.8. The third kappa shape index (κ3) is 4.80. The van der Waals surface area contributed by atoms with E-state index in [0.717, 1.165) is 21.9 Å². The van der Waals surface area contributed by atoms with E-state index in [0.29, 0.717) is 24.8 Å². The van der Waals surface area contributed by atoms with Gasteiger partial charge in [-0.3, -0.25) is 4.99 Å². The zero-order valence-corrected chi connectivity index (χ0v) is 14.9. The zero-order valence-electron chi connectivity index (χ0n) is 14.1. The number of para-hydroxylation sites is 1. The number of hydrogen-bond donors (Lipinski definition) is 2. The van der Waals surface area contributed by atoms with Gasteiger partial charge in [-0.05, 0) is 23.8 Å². The van der Waals surface area contributed by atoms with Gasteiger partial charge < -0.3 is 20.1 Å². The SMILES string of the molecule is CN=C(NCc1ccc(Cl)cc1)NCc1cccc(OC)c1OC. The number of nitrogens with one attached hydrogen (secondary N) is 2. The first kappa shape index (κ1) is 17.9. The molecule has 0 aromatic heterocycles. The number of methoxy groups -OCH3 is 2. The van der Waals surface area contributed by atoms with Crippen LogP contribution >= 0.6 is 11.6 Å². The number of benzene rings is 2. The van der Waals surface area contributed by atoms with Crippen LogP contribution in [0.5, 0.6) is 11.5 Å². The van der Waals surface area contributed by atoms with Gasteiger partial charge in [-0.25, -0.2) is 0 Å². The Morgan fingerprint density at radius 1 is 1.00 bits per heavy atom. The number of rotatable bonds is 6. The molecule has 0 heterocycles. The minimum absolute atomic E-state index is 0.570. The molecule has 0 radical (unpaired) electrons. The molecule has 2 aromatic rings. The fraction of sp³-hybridized carbons (Fsp3) is 0.278. The predicted octanol–water partition coefficient (Wildman–Crippen LogP) is 3.22. The van der Waals surface area contributed by atoms with Gasteiger partial charge in [0.05, 0.1) is 14.2 Å². The molecule has 6 heteroatoms. The normalized spacial score (nSPS) is 11.1. The first-order valence-electron chi connectivity index (χ1n) is 7.56. The van der Waals surface area contributed by atoms with Crippen LogP contribution in [0.4, 0.5) is 0 Å². The lowest BCUT2D eigenvalue weighted by Gasteiger charge is -2.15. The summed E-state index contributed by atoms with van der Waals surface area (Å²) in [6, 6.07) is 13.5. The van der Waals surface area contributed by atoms with E-state index in [4.69, 9.17) is 21.1 Å². The molecule has 0 atom stereocenters. The third-order valence-electron chi connectivity index (χ3n) is 3.53. The number of hydrogen-bond acceptors (Lipinski definition) is 3. The molecule has 0 fully saturated rings. The van der Waals surface area contributed by atoms with Crippen LogP contribution in [0.1, 0.15) is 11.1 Å². The minimum atomic E-state index is 0.570. The summed E-state index contributed by atoms with van der Waals surface area (Å²) in [5.74, 6) is 2.14. The number of guanidine groups is 1. The fourth-order valence-electron chi connectivity index (χ4n) is 2.28. The van der Waals surface area contributed by atoms with Crippen LogP contribution in [0.15, 0.2) is 47.5 Å². The summed E-state index contributed by atoms with van der Waals surface area (Å²) in [6.45, 7) is 1.23. The maximum atomic E-state index is 5.89. The lowest BCUT2D eigenvalue weighted by molar-refractivity contribution is 0.351. The standard InChI is InChI=1S/C18H22ClN3O2/c1-20-18(21-11-13-7-9-15(19)10-8-13)22-12-14-5-4-6-16(23-2)17(14)24-3/h4-10H,11-12H2,1-3H3,(H2,20,21,22). The van der Waals surface area contributed by atoms with Crippen molar-refractivity contribution in [3.63, 3.8) is 0 Å². The van der Waals surface area contributed by atoms with Gasteiger partial charge in [0.1, 0.15) is 0 Å². The average Bonchev–Trinajstić information content (AvgIpc) is 2.62. The Kier molecular flexibility index (Phi) is 6.75. The van der Waals surface area contributed by atoms with Gasteiger partial charge in [0.2, 0.25) is 0 Å². The van der Waals surface area contributed by atoms with E-state index < -0.39 is 0 Å². The average molecular weight is 348 g/mol. The second-order valence-electron chi connectivity index (χ2n) is 5.06. The summed E-state index contributed by atoms with van der Waals surface area (Å²) in [5, 5.41) is 7.26. The number of halogens is 1. The van der Waals surface area contributed by atoms with Crippen molar-refractivity contribution in [2.45, 2.75) is 13.1 Å². The Morgan fingerprint density at radius 2 is 1.71 bits per heavy atom. The maximum absolute atomic E-state index is 5.89. The number of nitrogens with zero attached hydrogens (tertiary/aromatic N) is 1.